The highest BCUT2D eigenvalue weighted by Crippen LogP contribution is 2.20. The molecule has 0 spiro atoms. The standard InChI is InChI=1S/C13H19ClN2O2S.ClH/c1-10-4-5-12(14)7-13(10)19(17,18)16-9-11-3-2-6-15-8-11;/h4-5,7,11,15-16H,2-3,6,8-9H2,1H3;1H. The van der Waals surface area contributed by atoms with Gasteiger partial charge >= 0.3 is 0 Å². The molecule has 0 amide bonds. The minimum Gasteiger partial charge on any atom is -0.316 e. The van der Waals surface area contributed by atoms with Crippen molar-refractivity contribution in [3.05, 3.63) is 28.8 Å². The maximum atomic E-state index is 12.3. The molecule has 1 aromatic rings. The molecule has 1 fully saturated rings. The van der Waals surface area contributed by atoms with Crippen molar-refractivity contribution >= 4 is 34.0 Å². The zero-order valence-electron chi connectivity index (χ0n) is 11.4. The van der Waals surface area contributed by atoms with E-state index in [0.717, 1.165) is 25.9 Å². The second kappa shape index (κ2) is 7.61. The van der Waals surface area contributed by atoms with Crippen LogP contribution >= 0.6 is 24.0 Å². The molecule has 0 radical (unpaired) electrons. The number of sulfonamides is 1. The maximum Gasteiger partial charge on any atom is 0.240 e. The summed E-state index contributed by atoms with van der Waals surface area (Å²) < 4.78 is 27.2. The number of piperidine rings is 1. The van der Waals surface area contributed by atoms with E-state index in [9.17, 15) is 8.42 Å². The molecule has 0 saturated carbocycles. The van der Waals surface area contributed by atoms with Crippen LogP contribution in [0.15, 0.2) is 23.1 Å². The predicted octanol–water partition coefficient (Wildman–Crippen LogP) is 2.35. The topological polar surface area (TPSA) is 58.2 Å². The van der Waals surface area contributed by atoms with E-state index in [-0.39, 0.29) is 17.3 Å². The van der Waals surface area contributed by atoms with Gasteiger partial charge in [-0.2, -0.15) is 0 Å². The van der Waals surface area contributed by atoms with Gasteiger partial charge in [0, 0.05) is 11.6 Å². The lowest BCUT2D eigenvalue weighted by atomic mass is 10.0. The Morgan fingerprint density at radius 1 is 1.45 bits per heavy atom. The third-order valence-corrected chi connectivity index (χ3v) is 5.20. The van der Waals surface area contributed by atoms with E-state index in [1.807, 2.05) is 0 Å². The summed E-state index contributed by atoms with van der Waals surface area (Å²) in [7, 11) is -3.48. The number of nitrogens with one attached hydrogen (secondary N) is 2. The number of aryl methyl sites for hydroxylation is 1. The Morgan fingerprint density at radius 3 is 2.85 bits per heavy atom. The monoisotopic (exact) mass is 338 g/mol. The van der Waals surface area contributed by atoms with Crippen molar-refractivity contribution in [3.63, 3.8) is 0 Å². The van der Waals surface area contributed by atoms with Crippen LogP contribution in [0.5, 0.6) is 0 Å². The molecule has 1 aromatic carbocycles. The number of hydrogen-bond acceptors (Lipinski definition) is 3. The average molecular weight is 339 g/mol. The number of rotatable bonds is 4. The Labute approximate surface area is 131 Å². The lowest BCUT2D eigenvalue weighted by Gasteiger charge is -2.23. The van der Waals surface area contributed by atoms with Gasteiger partial charge in [0.2, 0.25) is 10.0 Å². The van der Waals surface area contributed by atoms with E-state index < -0.39 is 10.0 Å². The van der Waals surface area contributed by atoms with Gasteiger partial charge < -0.3 is 5.32 Å². The third-order valence-electron chi connectivity index (χ3n) is 3.40. The first-order valence-electron chi connectivity index (χ1n) is 6.45. The summed E-state index contributed by atoms with van der Waals surface area (Å²) in [6.07, 6.45) is 2.16. The van der Waals surface area contributed by atoms with Crippen molar-refractivity contribution in [1.29, 1.82) is 0 Å². The molecule has 2 N–H and O–H groups in total. The Bertz CT molecular complexity index is 543. The van der Waals surface area contributed by atoms with Gasteiger partial charge in [0.05, 0.1) is 4.90 Å². The SMILES string of the molecule is Cc1ccc(Cl)cc1S(=O)(=O)NCC1CCCNC1.Cl. The van der Waals surface area contributed by atoms with Crippen LogP contribution in [0.3, 0.4) is 0 Å². The first kappa shape index (κ1) is 17.7. The van der Waals surface area contributed by atoms with Gasteiger partial charge in [0.25, 0.3) is 0 Å². The van der Waals surface area contributed by atoms with Crippen LogP contribution in [-0.4, -0.2) is 28.1 Å². The van der Waals surface area contributed by atoms with Crippen LogP contribution < -0.4 is 10.0 Å². The summed E-state index contributed by atoms with van der Waals surface area (Å²) in [5, 5.41) is 3.71. The van der Waals surface area contributed by atoms with Crippen LogP contribution in [0.25, 0.3) is 0 Å². The highest BCUT2D eigenvalue weighted by Gasteiger charge is 2.20. The molecule has 7 heteroatoms. The van der Waals surface area contributed by atoms with Crippen LogP contribution in [-0.2, 0) is 10.0 Å². The second-order valence-corrected chi connectivity index (χ2v) is 7.15. The molecule has 0 bridgehead atoms. The smallest absolute Gasteiger partial charge is 0.240 e. The van der Waals surface area contributed by atoms with Crippen molar-refractivity contribution in [2.45, 2.75) is 24.7 Å². The zero-order chi connectivity index (χ0) is 13.9. The molecule has 1 atom stereocenters. The normalized spacial score (nSPS) is 19.4. The van der Waals surface area contributed by atoms with E-state index in [1.165, 1.54) is 6.07 Å². The highest BCUT2D eigenvalue weighted by molar-refractivity contribution is 7.89. The molecule has 1 aliphatic rings. The fourth-order valence-electron chi connectivity index (χ4n) is 2.27. The number of hydrogen-bond donors (Lipinski definition) is 2. The van der Waals surface area contributed by atoms with Gasteiger partial charge in [-0.1, -0.05) is 17.7 Å². The van der Waals surface area contributed by atoms with Gasteiger partial charge in [0.15, 0.2) is 0 Å². The van der Waals surface area contributed by atoms with Crippen molar-refractivity contribution in [3.8, 4) is 0 Å². The third kappa shape index (κ3) is 4.60. The minimum absolute atomic E-state index is 0. The highest BCUT2D eigenvalue weighted by atomic mass is 35.5. The molecule has 1 heterocycles. The number of halogens is 2. The van der Waals surface area contributed by atoms with E-state index in [0.29, 0.717) is 23.0 Å². The molecule has 1 saturated heterocycles. The summed E-state index contributed by atoms with van der Waals surface area (Å²) in [6, 6.07) is 4.92. The molecule has 114 valence electrons. The zero-order valence-corrected chi connectivity index (χ0v) is 13.7. The minimum atomic E-state index is -3.48. The Kier molecular flexibility index (Phi) is 6.75. The second-order valence-electron chi connectivity index (χ2n) is 4.97. The molecular weight excluding hydrogens is 319 g/mol. The summed E-state index contributed by atoms with van der Waals surface area (Å²) in [6.45, 7) is 4.14. The molecule has 0 aliphatic carbocycles. The van der Waals surface area contributed by atoms with Gasteiger partial charge in [-0.3, -0.25) is 0 Å². The van der Waals surface area contributed by atoms with Gasteiger partial charge in [-0.15, -0.1) is 12.4 Å². The lowest BCUT2D eigenvalue weighted by Crippen LogP contribution is -2.38. The van der Waals surface area contributed by atoms with Gasteiger partial charge in [-0.05, 0) is 56.5 Å². The van der Waals surface area contributed by atoms with Crippen LogP contribution in [0.4, 0.5) is 0 Å². The Balaban J connectivity index is 0.00000200. The molecule has 4 nitrogen and oxygen atoms in total. The van der Waals surface area contributed by atoms with Crippen LogP contribution in [0.1, 0.15) is 18.4 Å². The van der Waals surface area contributed by atoms with Crippen LogP contribution in [0.2, 0.25) is 5.02 Å². The van der Waals surface area contributed by atoms with Crippen molar-refractivity contribution < 1.29 is 8.42 Å². The fraction of sp³-hybridized carbons (Fsp3) is 0.538. The Morgan fingerprint density at radius 2 is 2.20 bits per heavy atom. The summed E-state index contributed by atoms with van der Waals surface area (Å²) in [4.78, 5) is 0.267. The van der Waals surface area contributed by atoms with Crippen molar-refractivity contribution in [2.24, 2.45) is 5.92 Å². The molecule has 2 rings (SSSR count). The summed E-state index contributed by atoms with van der Waals surface area (Å²) in [5.41, 5.74) is 0.707. The van der Waals surface area contributed by atoms with E-state index >= 15 is 0 Å². The average Bonchev–Trinajstić information content (AvgIpc) is 2.40. The lowest BCUT2D eigenvalue weighted by molar-refractivity contribution is 0.376. The first-order valence-corrected chi connectivity index (χ1v) is 8.32. The molecule has 20 heavy (non-hydrogen) atoms. The summed E-state index contributed by atoms with van der Waals surface area (Å²) >= 11 is 5.87. The van der Waals surface area contributed by atoms with Gasteiger partial charge in [-0.25, -0.2) is 13.1 Å². The van der Waals surface area contributed by atoms with E-state index in [4.69, 9.17) is 11.6 Å². The number of benzene rings is 1. The molecular formula is C13H20Cl2N2O2S. The van der Waals surface area contributed by atoms with Crippen LogP contribution in [0, 0.1) is 12.8 Å². The molecule has 1 unspecified atom stereocenters. The van der Waals surface area contributed by atoms with E-state index in [1.54, 1.807) is 19.1 Å². The Hall–Kier alpha value is -0.330. The largest absolute Gasteiger partial charge is 0.316 e. The van der Waals surface area contributed by atoms with Crippen molar-refractivity contribution in [2.75, 3.05) is 19.6 Å². The molecule has 1 aliphatic heterocycles. The molecule has 0 aromatic heterocycles. The predicted molar refractivity (Wildman–Crippen MR) is 84.2 cm³/mol. The maximum absolute atomic E-state index is 12.3. The quantitative estimate of drug-likeness (QED) is 0.885. The fourth-order valence-corrected chi connectivity index (χ4v) is 3.89. The van der Waals surface area contributed by atoms with Crippen molar-refractivity contribution in [1.82, 2.24) is 10.0 Å². The van der Waals surface area contributed by atoms with E-state index in [2.05, 4.69) is 10.0 Å². The van der Waals surface area contributed by atoms with Gasteiger partial charge in [0.1, 0.15) is 0 Å². The summed E-state index contributed by atoms with van der Waals surface area (Å²) in [5.74, 6) is 0.364. The first-order chi connectivity index (χ1) is 8.99.